The third-order valence-electron chi connectivity index (χ3n) is 4.76. The lowest BCUT2D eigenvalue weighted by atomic mass is 9.76. The molecule has 0 bridgehead atoms. The molecule has 86 valence electrons. The molecule has 0 radical (unpaired) electrons. The predicted octanol–water partition coefficient (Wildman–Crippen LogP) is 2.29. The van der Waals surface area contributed by atoms with E-state index in [1.165, 1.54) is 45.2 Å². The molecule has 2 aliphatic heterocycles. The molecule has 0 amide bonds. The second kappa shape index (κ2) is 3.74. The molecule has 0 N–H and O–H groups in total. The first-order chi connectivity index (χ1) is 7.27. The van der Waals surface area contributed by atoms with Gasteiger partial charge in [0.05, 0.1) is 6.61 Å². The van der Waals surface area contributed by atoms with Gasteiger partial charge in [-0.05, 0) is 38.0 Å². The van der Waals surface area contributed by atoms with Crippen LogP contribution in [0.15, 0.2) is 0 Å². The SMILES string of the molecule is C[C@H]1CC[C@@H](N2CC3(CCOC3)C2)CC1. The van der Waals surface area contributed by atoms with Crippen molar-refractivity contribution < 1.29 is 4.74 Å². The molecule has 3 fully saturated rings. The van der Waals surface area contributed by atoms with Crippen LogP contribution in [0.2, 0.25) is 0 Å². The maximum atomic E-state index is 5.53. The molecule has 15 heavy (non-hydrogen) atoms. The number of ether oxygens (including phenoxy) is 1. The van der Waals surface area contributed by atoms with Crippen molar-refractivity contribution in [2.75, 3.05) is 26.3 Å². The first-order valence-electron chi connectivity index (χ1n) is 6.59. The summed E-state index contributed by atoms with van der Waals surface area (Å²) in [5, 5.41) is 0. The van der Waals surface area contributed by atoms with E-state index in [0.717, 1.165) is 25.2 Å². The normalized spacial score (nSPS) is 40.6. The Hall–Kier alpha value is -0.0800. The number of hydrogen-bond acceptors (Lipinski definition) is 2. The molecule has 0 aromatic heterocycles. The Labute approximate surface area is 93.0 Å². The Morgan fingerprint density at radius 1 is 1.13 bits per heavy atom. The standard InChI is InChI=1S/C13H23NO/c1-11-2-4-12(5-3-11)14-8-13(9-14)6-7-15-10-13/h11-12H,2-10H2,1H3/t11-,12+. The van der Waals surface area contributed by atoms with Crippen LogP contribution in [0.5, 0.6) is 0 Å². The van der Waals surface area contributed by atoms with Crippen LogP contribution in [0.4, 0.5) is 0 Å². The van der Waals surface area contributed by atoms with Gasteiger partial charge in [0.15, 0.2) is 0 Å². The van der Waals surface area contributed by atoms with E-state index in [2.05, 4.69) is 11.8 Å². The summed E-state index contributed by atoms with van der Waals surface area (Å²) >= 11 is 0. The summed E-state index contributed by atoms with van der Waals surface area (Å²) in [5.74, 6) is 0.978. The van der Waals surface area contributed by atoms with E-state index in [1.807, 2.05) is 0 Å². The minimum Gasteiger partial charge on any atom is -0.381 e. The monoisotopic (exact) mass is 209 g/mol. The lowest BCUT2D eigenvalue weighted by molar-refractivity contribution is -0.0472. The summed E-state index contributed by atoms with van der Waals surface area (Å²) in [4.78, 5) is 2.72. The predicted molar refractivity (Wildman–Crippen MR) is 60.9 cm³/mol. The van der Waals surface area contributed by atoms with E-state index < -0.39 is 0 Å². The van der Waals surface area contributed by atoms with Gasteiger partial charge < -0.3 is 4.74 Å². The first-order valence-corrected chi connectivity index (χ1v) is 6.59. The van der Waals surface area contributed by atoms with Gasteiger partial charge in [0, 0.05) is 31.2 Å². The maximum absolute atomic E-state index is 5.53. The highest BCUT2D eigenvalue weighted by Gasteiger charge is 2.47. The molecule has 0 aromatic rings. The van der Waals surface area contributed by atoms with Crippen molar-refractivity contribution in [2.24, 2.45) is 11.3 Å². The first kappa shape index (κ1) is 10.1. The summed E-state index contributed by atoms with van der Waals surface area (Å²) in [6.07, 6.45) is 7.10. The second-order valence-electron chi connectivity index (χ2n) is 6.12. The van der Waals surface area contributed by atoms with Crippen molar-refractivity contribution in [3.63, 3.8) is 0 Å². The van der Waals surface area contributed by atoms with E-state index >= 15 is 0 Å². The van der Waals surface area contributed by atoms with Crippen LogP contribution < -0.4 is 0 Å². The highest BCUT2D eigenvalue weighted by Crippen LogP contribution is 2.41. The number of hydrogen-bond donors (Lipinski definition) is 0. The van der Waals surface area contributed by atoms with Gasteiger partial charge in [-0.1, -0.05) is 6.92 Å². The Kier molecular flexibility index (Phi) is 2.52. The van der Waals surface area contributed by atoms with E-state index in [0.29, 0.717) is 5.41 Å². The van der Waals surface area contributed by atoms with Gasteiger partial charge in [-0.3, -0.25) is 4.90 Å². The zero-order chi connectivity index (χ0) is 10.3. The van der Waals surface area contributed by atoms with Crippen LogP contribution in [-0.4, -0.2) is 37.2 Å². The maximum Gasteiger partial charge on any atom is 0.0547 e. The molecule has 0 unspecified atom stereocenters. The van der Waals surface area contributed by atoms with Crippen LogP contribution in [0.1, 0.15) is 39.0 Å². The van der Waals surface area contributed by atoms with E-state index in [-0.39, 0.29) is 0 Å². The molecule has 1 aliphatic carbocycles. The van der Waals surface area contributed by atoms with E-state index in [9.17, 15) is 0 Å². The van der Waals surface area contributed by atoms with Gasteiger partial charge in [0.2, 0.25) is 0 Å². The van der Waals surface area contributed by atoms with Crippen molar-refractivity contribution in [3.05, 3.63) is 0 Å². The average Bonchev–Trinajstić information content (AvgIpc) is 2.66. The fourth-order valence-electron chi connectivity index (χ4n) is 3.58. The Balaban J connectivity index is 1.50. The smallest absolute Gasteiger partial charge is 0.0547 e. The number of likely N-dealkylation sites (tertiary alicyclic amines) is 1. The van der Waals surface area contributed by atoms with Gasteiger partial charge in [0.1, 0.15) is 0 Å². The summed E-state index contributed by atoms with van der Waals surface area (Å²) in [7, 11) is 0. The Morgan fingerprint density at radius 2 is 1.87 bits per heavy atom. The molecule has 0 atom stereocenters. The van der Waals surface area contributed by atoms with E-state index in [4.69, 9.17) is 4.74 Å². The molecule has 3 aliphatic rings. The Bertz CT molecular complexity index is 219. The summed E-state index contributed by atoms with van der Waals surface area (Å²) < 4.78 is 5.53. The summed E-state index contributed by atoms with van der Waals surface area (Å²) in [6, 6.07) is 0.910. The number of rotatable bonds is 1. The zero-order valence-corrected chi connectivity index (χ0v) is 9.87. The summed E-state index contributed by atoms with van der Waals surface area (Å²) in [6.45, 7) is 7.10. The molecule has 1 saturated carbocycles. The lowest BCUT2D eigenvalue weighted by Gasteiger charge is -2.52. The molecule has 2 nitrogen and oxygen atoms in total. The Morgan fingerprint density at radius 3 is 2.47 bits per heavy atom. The van der Waals surface area contributed by atoms with Crippen molar-refractivity contribution in [3.8, 4) is 0 Å². The quantitative estimate of drug-likeness (QED) is 0.657. The van der Waals surface area contributed by atoms with Gasteiger partial charge in [0.25, 0.3) is 0 Å². The fourth-order valence-corrected chi connectivity index (χ4v) is 3.58. The lowest BCUT2D eigenvalue weighted by Crippen LogP contribution is -2.60. The van der Waals surface area contributed by atoms with Crippen LogP contribution in [0.25, 0.3) is 0 Å². The third-order valence-corrected chi connectivity index (χ3v) is 4.76. The van der Waals surface area contributed by atoms with Gasteiger partial charge >= 0.3 is 0 Å². The molecule has 3 rings (SSSR count). The largest absolute Gasteiger partial charge is 0.381 e. The highest BCUT2D eigenvalue weighted by atomic mass is 16.5. The molecule has 2 heteroatoms. The van der Waals surface area contributed by atoms with E-state index in [1.54, 1.807) is 0 Å². The molecule has 1 spiro atoms. The molecule has 2 saturated heterocycles. The van der Waals surface area contributed by atoms with Crippen molar-refractivity contribution >= 4 is 0 Å². The fraction of sp³-hybridized carbons (Fsp3) is 1.00. The van der Waals surface area contributed by atoms with Crippen molar-refractivity contribution in [1.82, 2.24) is 4.90 Å². The molecular formula is C13H23NO. The number of nitrogens with zero attached hydrogens (tertiary/aromatic N) is 1. The van der Waals surface area contributed by atoms with Crippen LogP contribution in [0, 0.1) is 11.3 Å². The zero-order valence-electron chi connectivity index (χ0n) is 9.87. The summed E-state index contributed by atoms with van der Waals surface area (Å²) in [5.41, 5.74) is 0.586. The van der Waals surface area contributed by atoms with Crippen LogP contribution in [-0.2, 0) is 4.74 Å². The van der Waals surface area contributed by atoms with Crippen LogP contribution >= 0.6 is 0 Å². The molecular weight excluding hydrogens is 186 g/mol. The minimum absolute atomic E-state index is 0.586. The highest BCUT2D eigenvalue weighted by molar-refractivity contribution is 5.00. The molecule has 2 heterocycles. The molecule has 0 aromatic carbocycles. The van der Waals surface area contributed by atoms with Gasteiger partial charge in [-0.25, -0.2) is 0 Å². The van der Waals surface area contributed by atoms with Gasteiger partial charge in [-0.2, -0.15) is 0 Å². The van der Waals surface area contributed by atoms with Crippen molar-refractivity contribution in [2.45, 2.75) is 45.1 Å². The minimum atomic E-state index is 0.586. The van der Waals surface area contributed by atoms with Crippen LogP contribution in [0.3, 0.4) is 0 Å². The van der Waals surface area contributed by atoms with Crippen molar-refractivity contribution in [1.29, 1.82) is 0 Å². The topological polar surface area (TPSA) is 12.5 Å². The average molecular weight is 209 g/mol. The van der Waals surface area contributed by atoms with Gasteiger partial charge in [-0.15, -0.1) is 0 Å². The third kappa shape index (κ3) is 1.83. The second-order valence-corrected chi connectivity index (χ2v) is 6.12.